The van der Waals surface area contributed by atoms with Gasteiger partial charge in [-0.05, 0) is 36.5 Å². The van der Waals surface area contributed by atoms with E-state index in [9.17, 15) is 14.7 Å². The molecule has 0 unspecified atom stereocenters. The monoisotopic (exact) mass is 261 g/mol. The predicted octanol–water partition coefficient (Wildman–Crippen LogP) is 3.00. The molecule has 2 rings (SSSR count). The quantitative estimate of drug-likeness (QED) is 0.819. The molecule has 0 aromatic heterocycles. The fourth-order valence-electron chi connectivity index (χ4n) is 2.27. The first-order chi connectivity index (χ1) is 8.95. The molecular formula is C15H19NO3. The first-order valence-electron chi connectivity index (χ1n) is 6.60. The minimum absolute atomic E-state index is 0.399. The number of carbonyl (C=O) groups is 2. The van der Waals surface area contributed by atoms with E-state index >= 15 is 0 Å². The van der Waals surface area contributed by atoms with Crippen LogP contribution in [-0.2, 0) is 9.59 Å². The lowest BCUT2D eigenvalue weighted by molar-refractivity contribution is -0.159. The summed E-state index contributed by atoms with van der Waals surface area (Å²) in [6.07, 6.45) is 1.66. The molecule has 102 valence electrons. The smallest absolute Gasteiger partial charge is 0.319 e. The van der Waals surface area contributed by atoms with Crippen LogP contribution >= 0.6 is 0 Å². The fourth-order valence-corrected chi connectivity index (χ4v) is 2.27. The second-order valence-electron chi connectivity index (χ2n) is 5.47. The Kier molecular flexibility index (Phi) is 3.60. The predicted molar refractivity (Wildman–Crippen MR) is 73.1 cm³/mol. The number of carboxylic acids is 1. The Balaban J connectivity index is 2.08. The van der Waals surface area contributed by atoms with Crippen LogP contribution in [0.3, 0.4) is 0 Å². The molecular weight excluding hydrogens is 242 g/mol. The van der Waals surface area contributed by atoms with Gasteiger partial charge in [-0.15, -0.1) is 0 Å². The van der Waals surface area contributed by atoms with Gasteiger partial charge < -0.3 is 10.4 Å². The maximum atomic E-state index is 12.1. The van der Waals surface area contributed by atoms with Crippen molar-refractivity contribution in [1.82, 2.24) is 0 Å². The van der Waals surface area contributed by atoms with Gasteiger partial charge >= 0.3 is 5.97 Å². The van der Waals surface area contributed by atoms with Gasteiger partial charge in [-0.1, -0.05) is 32.4 Å². The molecule has 1 aliphatic rings. The van der Waals surface area contributed by atoms with Gasteiger partial charge in [-0.2, -0.15) is 0 Å². The highest BCUT2D eigenvalue weighted by Gasteiger charge is 2.51. The summed E-state index contributed by atoms with van der Waals surface area (Å²) in [5.41, 5.74) is 0.632. The van der Waals surface area contributed by atoms with Crippen LogP contribution in [0.1, 0.15) is 44.6 Å². The molecule has 1 amide bonds. The van der Waals surface area contributed by atoms with Crippen LogP contribution in [0, 0.1) is 5.41 Å². The summed E-state index contributed by atoms with van der Waals surface area (Å²) >= 11 is 0. The standard InChI is InChI=1S/C15H19NO3/c1-10(2)11-4-6-12(7-5-11)16-13(17)15(14(18)19)8-3-9-15/h4-7,10H,3,8-9H2,1-2H3,(H,16,17)(H,18,19). The molecule has 19 heavy (non-hydrogen) atoms. The van der Waals surface area contributed by atoms with E-state index in [-0.39, 0.29) is 0 Å². The van der Waals surface area contributed by atoms with Crippen LogP contribution in [0.2, 0.25) is 0 Å². The summed E-state index contributed by atoms with van der Waals surface area (Å²) in [5.74, 6) is -0.986. The highest BCUT2D eigenvalue weighted by Crippen LogP contribution is 2.42. The molecule has 1 aromatic rings. The van der Waals surface area contributed by atoms with Crippen molar-refractivity contribution < 1.29 is 14.7 Å². The molecule has 0 spiro atoms. The van der Waals surface area contributed by atoms with E-state index < -0.39 is 17.3 Å². The Morgan fingerprint density at radius 3 is 2.16 bits per heavy atom. The topological polar surface area (TPSA) is 66.4 Å². The molecule has 1 aromatic carbocycles. The molecule has 1 saturated carbocycles. The van der Waals surface area contributed by atoms with E-state index in [1.165, 1.54) is 5.56 Å². The Morgan fingerprint density at radius 1 is 1.21 bits per heavy atom. The largest absolute Gasteiger partial charge is 0.480 e. The molecule has 0 saturated heterocycles. The van der Waals surface area contributed by atoms with Gasteiger partial charge in [0.2, 0.25) is 5.91 Å². The lowest BCUT2D eigenvalue weighted by Crippen LogP contribution is -2.48. The molecule has 4 heteroatoms. The highest BCUT2D eigenvalue weighted by atomic mass is 16.4. The molecule has 0 heterocycles. The Morgan fingerprint density at radius 2 is 1.79 bits per heavy atom. The minimum Gasteiger partial charge on any atom is -0.480 e. The third-order valence-electron chi connectivity index (χ3n) is 3.89. The zero-order chi connectivity index (χ0) is 14.0. The molecule has 2 N–H and O–H groups in total. The van der Waals surface area contributed by atoms with Crippen LogP contribution in [-0.4, -0.2) is 17.0 Å². The minimum atomic E-state index is -1.21. The van der Waals surface area contributed by atoms with E-state index in [1.54, 1.807) is 0 Å². The van der Waals surface area contributed by atoms with Gasteiger partial charge in [-0.25, -0.2) is 0 Å². The van der Waals surface area contributed by atoms with Gasteiger partial charge in [0.25, 0.3) is 0 Å². The van der Waals surface area contributed by atoms with Crippen molar-refractivity contribution in [3.05, 3.63) is 29.8 Å². The average molecular weight is 261 g/mol. The molecule has 0 aliphatic heterocycles. The second kappa shape index (κ2) is 5.03. The summed E-state index contributed by atoms with van der Waals surface area (Å²) in [6, 6.07) is 7.55. The summed E-state index contributed by atoms with van der Waals surface area (Å²) in [6.45, 7) is 4.20. The van der Waals surface area contributed by atoms with Crippen molar-refractivity contribution in [2.45, 2.75) is 39.0 Å². The number of carbonyl (C=O) groups excluding carboxylic acids is 1. The molecule has 4 nitrogen and oxygen atoms in total. The van der Waals surface area contributed by atoms with Crippen LogP contribution < -0.4 is 5.32 Å². The lowest BCUT2D eigenvalue weighted by Gasteiger charge is -2.35. The van der Waals surface area contributed by atoms with Crippen LogP contribution in [0.5, 0.6) is 0 Å². The number of hydrogen-bond acceptors (Lipinski definition) is 2. The van der Waals surface area contributed by atoms with Crippen molar-refractivity contribution in [2.75, 3.05) is 5.32 Å². The van der Waals surface area contributed by atoms with Crippen molar-refractivity contribution in [1.29, 1.82) is 0 Å². The van der Waals surface area contributed by atoms with Crippen molar-refractivity contribution in [3.63, 3.8) is 0 Å². The van der Waals surface area contributed by atoms with E-state index in [1.807, 2.05) is 24.3 Å². The number of aliphatic carboxylic acids is 1. The van der Waals surface area contributed by atoms with Crippen LogP contribution in [0.25, 0.3) is 0 Å². The molecule has 1 aliphatic carbocycles. The van der Waals surface area contributed by atoms with E-state index in [0.717, 1.165) is 6.42 Å². The fraction of sp³-hybridized carbons (Fsp3) is 0.467. The Labute approximate surface area is 112 Å². The first kappa shape index (κ1) is 13.6. The third kappa shape index (κ3) is 2.48. The average Bonchev–Trinajstić information content (AvgIpc) is 2.27. The Hall–Kier alpha value is -1.84. The van der Waals surface area contributed by atoms with Crippen LogP contribution in [0.15, 0.2) is 24.3 Å². The highest BCUT2D eigenvalue weighted by molar-refractivity contribution is 6.09. The zero-order valence-electron chi connectivity index (χ0n) is 11.3. The maximum absolute atomic E-state index is 12.1. The molecule has 0 radical (unpaired) electrons. The number of nitrogens with one attached hydrogen (secondary N) is 1. The number of carboxylic acid groups (broad SMARTS) is 1. The van der Waals surface area contributed by atoms with Crippen LogP contribution in [0.4, 0.5) is 5.69 Å². The van der Waals surface area contributed by atoms with Gasteiger partial charge in [0.05, 0.1) is 0 Å². The van der Waals surface area contributed by atoms with Gasteiger partial charge in [0.1, 0.15) is 5.41 Å². The molecule has 0 bridgehead atoms. The van der Waals surface area contributed by atoms with Crippen molar-refractivity contribution >= 4 is 17.6 Å². The van der Waals surface area contributed by atoms with E-state index in [0.29, 0.717) is 24.4 Å². The summed E-state index contributed by atoms with van der Waals surface area (Å²) in [4.78, 5) is 23.3. The van der Waals surface area contributed by atoms with E-state index in [2.05, 4.69) is 19.2 Å². The third-order valence-corrected chi connectivity index (χ3v) is 3.89. The SMILES string of the molecule is CC(C)c1ccc(NC(=O)C2(C(=O)O)CCC2)cc1. The number of rotatable bonds is 4. The Bertz CT molecular complexity index is 487. The number of benzene rings is 1. The van der Waals surface area contributed by atoms with Crippen molar-refractivity contribution in [3.8, 4) is 0 Å². The van der Waals surface area contributed by atoms with Gasteiger partial charge in [0.15, 0.2) is 0 Å². The second-order valence-corrected chi connectivity index (χ2v) is 5.47. The maximum Gasteiger partial charge on any atom is 0.319 e. The molecule has 0 atom stereocenters. The lowest BCUT2D eigenvalue weighted by atomic mass is 9.68. The van der Waals surface area contributed by atoms with Gasteiger partial charge in [0, 0.05) is 5.69 Å². The normalized spacial score (nSPS) is 16.8. The molecule has 1 fully saturated rings. The van der Waals surface area contributed by atoms with E-state index in [4.69, 9.17) is 0 Å². The first-order valence-corrected chi connectivity index (χ1v) is 6.60. The number of anilines is 1. The van der Waals surface area contributed by atoms with Crippen molar-refractivity contribution in [2.24, 2.45) is 5.41 Å². The number of hydrogen-bond donors (Lipinski definition) is 2. The summed E-state index contributed by atoms with van der Waals surface area (Å²) in [7, 11) is 0. The van der Waals surface area contributed by atoms with Gasteiger partial charge in [-0.3, -0.25) is 9.59 Å². The summed E-state index contributed by atoms with van der Waals surface area (Å²) in [5, 5.41) is 11.9. The number of amides is 1. The summed E-state index contributed by atoms with van der Waals surface area (Å²) < 4.78 is 0. The zero-order valence-corrected chi connectivity index (χ0v) is 11.3.